The highest BCUT2D eigenvalue weighted by molar-refractivity contribution is 5.82. The number of hydrogen-bond acceptors (Lipinski definition) is 8. The fourth-order valence-electron chi connectivity index (χ4n) is 4.24. The van der Waals surface area contributed by atoms with Crippen LogP contribution in [0.3, 0.4) is 0 Å². The second kappa shape index (κ2) is 13.3. The summed E-state index contributed by atoms with van der Waals surface area (Å²) in [6, 6.07) is 15.1. The van der Waals surface area contributed by atoms with Gasteiger partial charge in [-0.15, -0.1) is 0 Å². The number of alkyl carbamates (subject to hydrolysis) is 2. The second-order valence-corrected chi connectivity index (χ2v) is 9.98. The number of amides is 2. The van der Waals surface area contributed by atoms with Crippen LogP contribution in [-0.4, -0.2) is 62.3 Å². The van der Waals surface area contributed by atoms with Crippen molar-refractivity contribution in [3.8, 4) is 11.1 Å². The quantitative estimate of drug-likeness (QED) is 0.323. The lowest BCUT2D eigenvalue weighted by atomic mass is 9.98. The van der Waals surface area contributed by atoms with E-state index in [-0.39, 0.29) is 18.9 Å². The van der Waals surface area contributed by atoms with Gasteiger partial charge in [-0.2, -0.15) is 0 Å². The van der Waals surface area contributed by atoms with Gasteiger partial charge in [-0.25, -0.2) is 14.4 Å². The minimum absolute atomic E-state index is 0.0999. The van der Waals surface area contributed by atoms with Gasteiger partial charge in [0.2, 0.25) is 0 Å². The number of carbonyl (C=O) groups excluding carboxylic acids is 3. The van der Waals surface area contributed by atoms with E-state index in [1.807, 2.05) is 36.4 Å². The van der Waals surface area contributed by atoms with Crippen molar-refractivity contribution in [2.45, 2.75) is 57.6 Å². The first-order valence-electron chi connectivity index (χ1n) is 12.7. The van der Waals surface area contributed by atoms with Gasteiger partial charge in [-0.05, 0) is 67.5 Å². The highest BCUT2D eigenvalue weighted by atomic mass is 17.0. The van der Waals surface area contributed by atoms with Crippen LogP contribution in [-0.2, 0) is 23.9 Å². The van der Waals surface area contributed by atoms with E-state index in [4.69, 9.17) is 19.1 Å². The molecule has 0 fully saturated rings. The van der Waals surface area contributed by atoms with E-state index in [1.54, 1.807) is 20.8 Å². The van der Waals surface area contributed by atoms with Crippen LogP contribution in [0.1, 0.15) is 57.1 Å². The number of benzene rings is 2. The number of nitrogens with one attached hydrogen (secondary N) is 2. The summed E-state index contributed by atoms with van der Waals surface area (Å²) in [5.74, 6) is -0.792. The molecule has 3 rings (SSSR count). The van der Waals surface area contributed by atoms with Crippen molar-refractivity contribution < 1.29 is 33.5 Å². The lowest BCUT2D eigenvalue weighted by Crippen LogP contribution is -2.44. The number of hydroxylamine groups is 2. The van der Waals surface area contributed by atoms with Gasteiger partial charge in [0, 0.05) is 12.5 Å². The van der Waals surface area contributed by atoms with Crippen LogP contribution in [0, 0.1) is 0 Å². The van der Waals surface area contributed by atoms with Crippen molar-refractivity contribution in [1.29, 1.82) is 0 Å². The van der Waals surface area contributed by atoms with Crippen LogP contribution in [0.4, 0.5) is 9.59 Å². The van der Waals surface area contributed by atoms with Gasteiger partial charge < -0.3 is 24.9 Å². The predicted molar refractivity (Wildman–Crippen MR) is 141 cm³/mol. The standard InChI is InChI=1S/C28H37N3O7/c1-28(2,3)37-26(33)29-17-11-10-16-24(25(32)38-31(4)35-5)30-27(34)36-18-23-21-14-8-6-12-19(21)20-13-7-9-15-22(20)23/h6-9,12-15,23-24H,10-11,16-18H2,1-5H3,(H,29,33)(H,30,34)/t24-/m0/s1. The minimum atomic E-state index is -0.968. The van der Waals surface area contributed by atoms with Gasteiger partial charge in [0.1, 0.15) is 18.2 Å². The van der Waals surface area contributed by atoms with Gasteiger partial charge in [0.15, 0.2) is 0 Å². The monoisotopic (exact) mass is 527 g/mol. The Bertz CT molecular complexity index is 1070. The average molecular weight is 528 g/mol. The number of carbonyl (C=O) groups is 3. The van der Waals surface area contributed by atoms with E-state index in [0.717, 1.165) is 27.5 Å². The number of unbranched alkanes of at least 4 members (excludes halogenated alkanes) is 1. The predicted octanol–water partition coefficient (Wildman–Crippen LogP) is 4.54. The molecule has 0 spiro atoms. The molecule has 2 aromatic carbocycles. The maximum atomic E-state index is 12.7. The Hall–Kier alpha value is -3.63. The van der Waals surface area contributed by atoms with E-state index in [2.05, 4.69) is 22.8 Å². The molecule has 0 saturated carbocycles. The van der Waals surface area contributed by atoms with Crippen molar-refractivity contribution in [3.63, 3.8) is 0 Å². The maximum Gasteiger partial charge on any atom is 0.407 e. The summed E-state index contributed by atoms with van der Waals surface area (Å²) in [4.78, 5) is 47.2. The molecule has 2 aromatic rings. The molecule has 0 aliphatic heterocycles. The van der Waals surface area contributed by atoms with Gasteiger partial charge in [-0.3, -0.25) is 4.84 Å². The molecule has 0 heterocycles. The lowest BCUT2D eigenvalue weighted by molar-refractivity contribution is -0.319. The number of fused-ring (bicyclic) bond motifs is 3. The van der Waals surface area contributed by atoms with Gasteiger partial charge in [0.05, 0.1) is 14.2 Å². The van der Waals surface area contributed by atoms with Crippen molar-refractivity contribution in [1.82, 2.24) is 15.9 Å². The first-order chi connectivity index (χ1) is 18.1. The molecule has 0 unspecified atom stereocenters. The van der Waals surface area contributed by atoms with Crippen molar-refractivity contribution in [2.75, 3.05) is 27.3 Å². The molecule has 206 valence electrons. The summed E-state index contributed by atoms with van der Waals surface area (Å²) in [6.07, 6.45) is 0.134. The van der Waals surface area contributed by atoms with Crippen LogP contribution in [0.5, 0.6) is 0 Å². The average Bonchev–Trinajstić information content (AvgIpc) is 3.19. The molecule has 1 atom stereocenters. The Morgan fingerprint density at radius 1 is 0.947 bits per heavy atom. The zero-order valence-electron chi connectivity index (χ0n) is 22.6. The number of hydrogen-bond donors (Lipinski definition) is 2. The summed E-state index contributed by atoms with van der Waals surface area (Å²) in [6.45, 7) is 5.84. The van der Waals surface area contributed by atoms with Crippen molar-refractivity contribution in [3.05, 3.63) is 59.7 Å². The molecule has 2 amide bonds. The fourth-order valence-corrected chi connectivity index (χ4v) is 4.24. The van der Waals surface area contributed by atoms with Crippen LogP contribution < -0.4 is 10.6 Å². The molecule has 38 heavy (non-hydrogen) atoms. The topological polar surface area (TPSA) is 115 Å². The van der Waals surface area contributed by atoms with E-state index >= 15 is 0 Å². The Morgan fingerprint density at radius 3 is 2.13 bits per heavy atom. The van der Waals surface area contributed by atoms with Crippen LogP contribution in [0.15, 0.2) is 48.5 Å². The zero-order chi connectivity index (χ0) is 27.7. The van der Waals surface area contributed by atoms with Crippen molar-refractivity contribution in [2.24, 2.45) is 0 Å². The molecule has 1 aliphatic carbocycles. The zero-order valence-corrected chi connectivity index (χ0v) is 22.6. The molecule has 0 bridgehead atoms. The van der Waals surface area contributed by atoms with Crippen LogP contribution in [0.25, 0.3) is 11.1 Å². The largest absolute Gasteiger partial charge is 0.449 e. The summed E-state index contributed by atoms with van der Waals surface area (Å²) < 4.78 is 10.8. The third-order valence-corrected chi connectivity index (χ3v) is 5.98. The van der Waals surface area contributed by atoms with Crippen molar-refractivity contribution >= 4 is 18.2 Å². The Labute approximate surface area is 223 Å². The highest BCUT2D eigenvalue weighted by Gasteiger charge is 2.30. The summed E-state index contributed by atoms with van der Waals surface area (Å²) in [7, 11) is 2.77. The summed E-state index contributed by atoms with van der Waals surface area (Å²) >= 11 is 0. The molecule has 10 heteroatoms. The highest BCUT2D eigenvalue weighted by Crippen LogP contribution is 2.44. The SMILES string of the molecule is CON(C)OC(=O)[C@H](CCCCNC(=O)OC(C)(C)C)NC(=O)OCC1c2ccccc2-c2ccccc21. The number of ether oxygens (including phenoxy) is 2. The van der Waals surface area contributed by atoms with Gasteiger partial charge >= 0.3 is 18.2 Å². The van der Waals surface area contributed by atoms with E-state index in [0.29, 0.717) is 19.4 Å². The third-order valence-electron chi connectivity index (χ3n) is 5.98. The van der Waals surface area contributed by atoms with Gasteiger partial charge in [-0.1, -0.05) is 48.5 Å². The molecule has 1 aliphatic rings. The second-order valence-electron chi connectivity index (χ2n) is 9.98. The molecular weight excluding hydrogens is 490 g/mol. The Kier molecular flexibility index (Phi) is 10.1. The van der Waals surface area contributed by atoms with Crippen LogP contribution in [0.2, 0.25) is 0 Å². The normalized spacial score (nSPS) is 13.3. The molecule has 0 aromatic heterocycles. The molecular formula is C28H37N3O7. The van der Waals surface area contributed by atoms with E-state index in [1.165, 1.54) is 14.2 Å². The first kappa shape index (κ1) is 28.9. The first-order valence-corrected chi connectivity index (χ1v) is 12.7. The van der Waals surface area contributed by atoms with E-state index < -0.39 is 29.8 Å². The molecule has 10 nitrogen and oxygen atoms in total. The van der Waals surface area contributed by atoms with Crippen LogP contribution >= 0.6 is 0 Å². The van der Waals surface area contributed by atoms with Gasteiger partial charge in [0.25, 0.3) is 0 Å². The molecule has 0 radical (unpaired) electrons. The smallest absolute Gasteiger partial charge is 0.407 e. The summed E-state index contributed by atoms with van der Waals surface area (Å²) in [5, 5.41) is 6.20. The Morgan fingerprint density at radius 2 is 1.55 bits per heavy atom. The molecule has 0 saturated heterocycles. The Balaban J connectivity index is 1.55. The molecule has 2 N–H and O–H groups in total. The summed E-state index contributed by atoms with van der Waals surface area (Å²) in [5.41, 5.74) is 3.86. The lowest BCUT2D eigenvalue weighted by Gasteiger charge is -2.21. The number of rotatable bonds is 11. The maximum absolute atomic E-state index is 12.7. The third kappa shape index (κ3) is 8.19. The number of nitrogens with zero attached hydrogens (tertiary/aromatic N) is 1. The minimum Gasteiger partial charge on any atom is -0.449 e. The fraction of sp³-hybridized carbons (Fsp3) is 0.464. The van der Waals surface area contributed by atoms with E-state index in [9.17, 15) is 14.4 Å².